The van der Waals surface area contributed by atoms with Crippen LogP contribution in [0.2, 0.25) is 5.02 Å². The number of rotatable bonds is 6. The number of hydrogen-bond donors (Lipinski definition) is 1. The van der Waals surface area contributed by atoms with Crippen molar-refractivity contribution in [3.8, 4) is 0 Å². The number of aryl methyl sites for hydroxylation is 1. The van der Waals surface area contributed by atoms with Gasteiger partial charge in [-0.1, -0.05) is 30.7 Å². The molecule has 0 saturated carbocycles. The highest BCUT2D eigenvalue weighted by atomic mass is 35.5. The highest BCUT2D eigenvalue weighted by molar-refractivity contribution is 7.90. The van der Waals surface area contributed by atoms with Gasteiger partial charge in [0, 0.05) is 17.3 Å². The first kappa shape index (κ1) is 15.5. The van der Waals surface area contributed by atoms with Gasteiger partial charge in [0.15, 0.2) is 0 Å². The minimum atomic E-state index is -3.03. The van der Waals surface area contributed by atoms with Crippen LogP contribution >= 0.6 is 11.6 Å². The number of hydrogen-bond acceptors (Lipinski definition) is 3. The van der Waals surface area contributed by atoms with Gasteiger partial charge < -0.3 is 5.32 Å². The van der Waals surface area contributed by atoms with E-state index in [-0.39, 0.29) is 11.8 Å². The van der Waals surface area contributed by atoms with Crippen molar-refractivity contribution < 1.29 is 8.42 Å². The minimum Gasteiger partial charge on any atom is -0.309 e. The highest BCUT2D eigenvalue weighted by Gasteiger charge is 2.17. The fraction of sp³-hybridized carbons (Fsp3) is 0.538. The lowest BCUT2D eigenvalue weighted by Gasteiger charge is -2.18. The summed E-state index contributed by atoms with van der Waals surface area (Å²) in [6.07, 6.45) is 2.21. The molecule has 1 N–H and O–H groups in total. The number of sulfone groups is 1. The van der Waals surface area contributed by atoms with Crippen LogP contribution in [0.4, 0.5) is 0 Å². The van der Waals surface area contributed by atoms with Crippen molar-refractivity contribution in [2.45, 2.75) is 26.3 Å². The van der Waals surface area contributed by atoms with Crippen LogP contribution in [-0.4, -0.2) is 27.0 Å². The molecule has 3 nitrogen and oxygen atoms in total. The maximum absolute atomic E-state index is 11.5. The third-order valence-electron chi connectivity index (χ3n) is 2.71. The highest BCUT2D eigenvalue weighted by Crippen LogP contribution is 2.22. The molecule has 1 rings (SSSR count). The summed E-state index contributed by atoms with van der Waals surface area (Å²) >= 11 is 6.09. The predicted molar refractivity (Wildman–Crippen MR) is 76.9 cm³/mol. The fourth-order valence-corrected chi connectivity index (χ4v) is 2.82. The quantitative estimate of drug-likeness (QED) is 0.876. The van der Waals surface area contributed by atoms with Gasteiger partial charge in [-0.05, 0) is 37.1 Å². The molecule has 1 aromatic carbocycles. The van der Waals surface area contributed by atoms with Crippen molar-refractivity contribution in [3.63, 3.8) is 0 Å². The standard InChI is InChI=1S/C13H20ClNO2S/c1-4-7-15-13(9-18(3,16)17)11-6-5-10(2)12(14)8-11/h5-6,8,13,15H,4,7,9H2,1-3H3. The lowest BCUT2D eigenvalue weighted by molar-refractivity contribution is 0.549. The monoisotopic (exact) mass is 289 g/mol. The van der Waals surface area contributed by atoms with Crippen LogP contribution in [-0.2, 0) is 9.84 Å². The Bertz CT molecular complexity index is 500. The van der Waals surface area contributed by atoms with Crippen LogP contribution in [0.5, 0.6) is 0 Å². The van der Waals surface area contributed by atoms with Crippen LogP contribution in [0.1, 0.15) is 30.5 Å². The van der Waals surface area contributed by atoms with Gasteiger partial charge in [0.25, 0.3) is 0 Å². The van der Waals surface area contributed by atoms with Gasteiger partial charge in [-0.15, -0.1) is 0 Å². The van der Waals surface area contributed by atoms with Gasteiger partial charge >= 0.3 is 0 Å². The Balaban J connectivity index is 2.97. The van der Waals surface area contributed by atoms with Gasteiger partial charge in [-0.2, -0.15) is 0 Å². The van der Waals surface area contributed by atoms with Crippen molar-refractivity contribution in [2.24, 2.45) is 0 Å². The van der Waals surface area contributed by atoms with Crippen molar-refractivity contribution >= 4 is 21.4 Å². The molecular formula is C13H20ClNO2S. The fourth-order valence-electron chi connectivity index (χ4n) is 1.72. The summed E-state index contributed by atoms with van der Waals surface area (Å²) < 4.78 is 22.9. The van der Waals surface area contributed by atoms with Gasteiger partial charge in [0.2, 0.25) is 0 Å². The van der Waals surface area contributed by atoms with Crippen LogP contribution in [0.3, 0.4) is 0 Å². The van der Waals surface area contributed by atoms with Gasteiger partial charge in [-0.25, -0.2) is 8.42 Å². The van der Waals surface area contributed by atoms with Crippen molar-refractivity contribution in [3.05, 3.63) is 34.3 Å². The number of benzene rings is 1. The van der Waals surface area contributed by atoms with E-state index >= 15 is 0 Å². The van der Waals surface area contributed by atoms with Crippen molar-refractivity contribution in [1.82, 2.24) is 5.32 Å². The summed E-state index contributed by atoms with van der Waals surface area (Å²) in [5, 5.41) is 3.92. The first-order valence-corrected chi connectivity index (χ1v) is 8.44. The first-order valence-electron chi connectivity index (χ1n) is 6.00. The third-order valence-corrected chi connectivity index (χ3v) is 4.05. The zero-order chi connectivity index (χ0) is 13.8. The summed E-state index contributed by atoms with van der Waals surface area (Å²) in [6, 6.07) is 5.49. The molecule has 0 saturated heterocycles. The first-order chi connectivity index (χ1) is 8.33. The minimum absolute atomic E-state index is 0.0897. The molecule has 0 heterocycles. The van der Waals surface area contributed by atoms with E-state index < -0.39 is 9.84 Å². The maximum Gasteiger partial charge on any atom is 0.149 e. The van der Waals surface area contributed by atoms with Gasteiger partial charge in [0.1, 0.15) is 9.84 Å². The van der Waals surface area contributed by atoms with Crippen LogP contribution in [0.25, 0.3) is 0 Å². The molecule has 0 spiro atoms. The molecule has 0 bridgehead atoms. The molecule has 0 aliphatic carbocycles. The molecule has 1 aromatic rings. The Hall–Kier alpha value is -0.580. The second-order valence-corrected chi connectivity index (χ2v) is 7.20. The molecule has 0 aromatic heterocycles. The largest absolute Gasteiger partial charge is 0.309 e. The summed E-state index contributed by atoms with van der Waals surface area (Å²) in [6.45, 7) is 4.76. The summed E-state index contributed by atoms with van der Waals surface area (Å²) in [5.74, 6) is 0.0897. The second kappa shape index (κ2) is 6.55. The molecule has 102 valence electrons. The average Bonchev–Trinajstić information content (AvgIpc) is 2.26. The second-order valence-electron chi connectivity index (χ2n) is 4.61. The Kier molecular flexibility index (Phi) is 5.63. The Morgan fingerprint density at radius 1 is 1.39 bits per heavy atom. The molecule has 1 unspecified atom stereocenters. The van der Waals surface area contributed by atoms with Crippen molar-refractivity contribution in [2.75, 3.05) is 18.6 Å². The van der Waals surface area contributed by atoms with E-state index in [2.05, 4.69) is 5.32 Å². The summed E-state index contributed by atoms with van der Waals surface area (Å²) in [4.78, 5) is 0. The number of nitrogens with one attached hydrogen (secondary N) is 1. The lowest BCUT2D eigenvalue weighted by atomic mass is 10.1. The Morgan fingerprint density at radius 3 is 2.56 bits per heavy atom. The smallest absolute Gasteiger partial charge is 0.149 e. The van der Waals surface area contributed by atoms with Gasteiger partial charge in [0.05, 0.1) is 5.75 Å². The molecule has 0 amide bonds. The SMILES string of the molecule is CCCNC(CS(C)(=O)=O)c1ccc(C)c(Cl)c1. The van der Waals surface area contributed by atoms with Crippen LogP contribution in [0.15, 0.2) is 18.2 Å². The molecule has 0 fully saturated rings. The Morgan fingerprint density at radius 2 is 2.06 bits per heavy atom. The zero-order valence-corrected chi connectivity index (χ0v) is 12.6. The van der Waals surface area contributed by atoms with E-state index in [1.165, 1.54) is 6.26 Å². The molecule has 18 heavy (non-hydrogen) atoms. The lowest BCUT2D eigenvalue weighted by Crippen LogP contribution is -2.28. The van der Waals surface area contributed by atoms with Crippen molar-refractivity contribution in [1.29, 1.82) is 0 Å². The van der Waals surface area contributed by atoms with Gasteiger partial charge in [-0.3, -0.25) is 0 Å². The molecule has 5 heteroatoms. The summed E-state index contributed by atoms with van der Waals surface area (Å²) in [5.41, 5.74) is 1.92. The van der Waals surface area contributed by atoms with E-state index in [4.69, 9.17) is 11.6 Å². The number of halogens is 1. The summed E-state index contributed by atoms with van der Waals surface area (Å²) in [7, 11) is -3.03. The average molecular weight is 290 g/mol. The normalized spacial score (nSPS) is 13.6. The molecule has 0 aliphatic rings. The molecule has 0 aliphatic heterocycles. The van der Waals surface area contributed by atoms with E-state index in [9.17, 15) is 8.42 Å². The molecular weight excluding hydrogens is 270 g/mol. The predicted octanol–water partition coefficient (Wildman–Crippen LogP) is 2.73. The van der Waals surface area contributed by atoms with Crippen LogP contribution < -0.4 is 5.32 Å². The van der Waals surface area contributed by atoms with E-state index in [0.29, 0.717) is 5.02 Å². The Labute approximate surface area is 114 Å². The third kappa shape index (κ3) is 4.96. The van der Waals surface area contributed by atoms with E-state index in [1.807, 2.05) is 32.0 Å². The van der Waals surface area contributed by atoms with E-state index in [1.54, 1.807) is 0 Å². The zero-order valence-electron chi connectivity index (χ0n) is 11.0. The van der Waals surface area contributed by atoms with Crippen LogP contribution in [0, 0.1) is 6.92 Å². The molecule has 0 radical (unpaired) electrons. The maximum atomic E-state index is 11.5. The van der Waals surface area contributed by atoms with E-state index in [0.717, 1.165) is 24.1 Å². The molecule has 1 atom stereocenters. The topological polar surface area (TPSA) is 46.2 Å².